The Hall–Kier alpha value is -1.78. The zero-order valence-corrected chi connectivity index (χ0v) is 12.1. The number of oxazole rings is 1. The van der Waals surface area contributed by atoms with E-state index in [1.165, 1.54) is 11.1 Å². The van der Waals surface area contributed by atoms with Crippen LogP contribution in [0.3, 0.4) is 0 Å². The number of aryl methyl sites for hydroxylation is 1. The van der Waals surface area contributed by atoms with Gasteiger partial charge < -0.3 is 10.2 Å². The van der Waals surface area contributed by atoms with Gasteiger partial charge in [-0.15, -0.1) is 0 Å². The van der Waals surface area contributed by atoms with Crippen molar-refractivity contribution >= 4 is 22.9 Å². The summed E-state index contributed by atoms with van der Waals surface area (Å²) in [7, 11) is 0. The van der Waals surface area contributed by atoms with Gasteiger partial charge >= 0.3 is 0 Å². The molecule has 0 saturated carbocycles. The fourth-order valence-electron chi connectivity index (χ4n) is 2.16. The Bertz CT molecular complexity index is 703. The molecule has 1 heterocycles. The summed E-state index contributed by atoms with van der Waals surface area (Å²) in [6.07, 6.45) is 0.916. The van der Waals surface area contributed by atoms with E-state index in [1.807, 2.05) is 24.3 Å². The van der Waals surface area contributed by atoms with Crippen molar-refractivity contribution in [3.05, 3.63) is 53.6 Å². The van der Waals surface area contributed by atoms with Crippen molar-refractivity contribution in [2.24, 2.45) is 5.73 Å². The third-order valence-electron chi connectivity index (χ3n) is 3.21. The quantitative estimate of drug-likeness (QED) is 0.792. The molecule has 0 aliphatic heterocycles. The molecule has 0 bridgehead atoms. The molecular formula is C16H16N2OS. The summed E-state index contributed by atoms with van der Waals surface area (Å²) < 4.78 is 5.72. The van der Waals surface area contributed by atoms with Crippen LogP contribution >= 0.6 is 11.8 Å². The minimum absolute atomic E-state index is 0.678. The largest absolute Gasteiger partial charge is 0.431 e. The van der Waals surface area contributed by atoms with Crippen molar-refractivity contribution in [3.63, 3.8) is 0 Å². The van der Waals surface area contributed by atoms with E-state index in [-0.39, 0.29) is 0 Å². The number of hydrogen-bond donors (Lipinski definition) is 1. The van der Waals surface area contributed by atoms with Crippen LogP contribution in [0.2, 0.25) is 0 Å². The number of nitrogens with zero attached hydrogens (tertiary/aromatic N) is 1. The van der Waals surface area contributed by atoms with Crippen molar-refractivity contribution in [2.45, 2.75) is 23.5 Å². The second-order valence-corrected chi connectivity index (χ2v) is 5.70. The van der Waals surface area contributed by atoms with Gasteiger partial charge in [-0.25, -0.2) is 4.98 Å². The third kappa shape index (κ3) is 2.71. The Morgan fingerprint density at radius 3 is 2.80 bits per heavy atom. The molecule has 2 N–H and O–H groups in total. The monoisotopic (exact) mass is 284 g/mol. The van der Waals surface area contributed by atoms with E-state index in [0.29, 0.717) is 11.8 Å². The second-order valence-electron chi connectivity index (χ2n) is 4.68. The summed E-state index contributed by atoms with van der Waals surface area (Å²) in [5, 5.41) is 0.678. The number of para-hydroxylation sites is 2. The van der Waals surface area contributed by atoms with E-state index in [2.05, 4.69) is 30.1 Å². The van der Waals surface area contributed by atoms with E-state index < -0.39 is 0 Å². The maximum Gasteiger partial charge on any atom is 0.261 e. The van der Waals surface area contributed by atoms with Crippen LogP contribution in [0.5, 0.6) is 0 Å². The number of benzene rings is 2. The first-order valence-corrected chi connectivity index (χ1v) is 7.41. The molecule has 102 valence electrons. The van der Waals surface area contributed by atoms with Gasteiger partial charge in [0, 0.05) is 4.90 Å². The summed E-state index contributed by atoms with van der Waals surface area (Å²) in [6.45, 7) is 2.79. The predicted molar refractivity (Wildman–Crippen MR) is 82.1 cm³/mol. The van der Waals surface area contributed by atoms with Crippen LogP contribution in [0.15, 0.2) is 57.0 Å². The number of nitrogens with two attached hydrogens (primary N) is 1. The Balaban J connectivity index is 1.85. The maximum absolute atomic E-state index is 5.72. The molecule has 3 aromatic rings. The Morgan fingerprint density at radius 2 is 2.05 bits per heavy atom. The highest BCUT2D eigenvalue weighted by Gasteiger charge is 2.08. The molecule has 0 radical (unpaired) electrons. The van der Waals surface area contributed by atoms with Gasteiger partial charge in [0.15, 0.2) is 5.58 Å². The van der Waals surface area contributed by atoms with E-state index in [4.69, 9.17) is 10.2 Å². The van der Waals surface area contributed by atoms with Crippen molar-refractivity contribution in [1.82, 2.24) is 4.98 Å². The number of fused-ring (bicyclic) bond motifs is 1. The molecule has 1 aromatic heterocycles. The minimum Gasteiger partial charge on any atom is -0.431 e. The van der Waals surface area contributed by atoms with E-state index in [9.17, 15) is 0 Å². The van der Waals surface area contributed by atoms with Crippen LogP contribution in [0.4, 0.5) is 0 Å². The van der Waals surface area contributed by atoms with Crippen molar-refractivity contribution in [1.29, 1.82) is 0 Å². The lowest BCUT2D eigenvalue weighted by molar-refractivity contribution is 0.489. The first kappa shape index (κ1) is 13.2. The molecule has 0 saturated heterocycles. The fourth-order valence-corrected chi connectivity index (χ4v) is 3.01. The zero-order valence-electron chi connectivity index (χ0n) is 11.3. The molecule has 0 spiro atoms. The average molecular weight is 284 g/mol. The van der Waals surface area contributed by atoms with Gasteiger partial charge in [0.05, 0.1) is 0 Å². The van der Waals surface area contributed by atoms with E-state index >= 15 is 0 Å². The van der Waals surface area contributed by atoms with Crippen molar-refractivity contribution in [3.8, 4) is 0 Å². The van der Waals surface area contributed by atoms with Gasteiger partial charge in [-0.05, 0) is 67.0 Å². The fraction of sp³-hybridized carbons (Fsp3) is 0.188. The third-order valence-corrected chi connectivity index (χ3v) is 4.05. The number of hydrogen-bond acceptors (Lipinski definition) is 4. The van der Waals surface area contributed by atoms with Gasteiger partial charge in [-0.2, -0.15) is 0 Å². The van der Waals surface area contributed by atoms with Crippen molar-refractivity contribution < 1.29 is 4.42 Å². The van der Waals surface area contributed by atoms with E-state index in [0.717, 1.165) is 22.4 Å². The first-order chi connectivity index (χ1) is 9.76. The standard InChI is InChI=1S/C16H16N2OS/c1-11-10-13(7-6-12(11)8-9-17)20-16-18-14-4-2-3-5-15(14)19-16/h2-7,10H,8-9,17H2,1H3. The summed E-state index contributed by atoms with van der Waals surface area (Å²) in [4.78, 5) is 5.61. The lowest BCUT2D eigenvalue weighted by Crippen LogP contribution is -2.03. The highest BCUT2D eigenvalue weighted by molar-refractivity contribution is 7.99. The predicted octanol–water partition coefficient (Wildman–Crippen LogP) is 3.79. The zero-order chi connectivity index (χ0) is 13.9. The number of rotatable bonds is 4. The molecule has 2 aromatic carbocycles. The molecule has 0 aliphatic rings. The van der Waals surface area contributed by atoms with Gasteiger partial charge in [-0.3, -0.25) is 0 Å². The molecule has 0 unspecified atom stereocenters. The molecule has 20 heavy (non-hydrogen) atoms. The van der Waals surface area contributed by atoms with E-state index in [1.54, 1.807) is 11.8 Å². The molecule has 4 heteroatoms. The molecule has 0 fully saturated rings. The Labute approximate surface area is 122 Å². The summed E-state index contributed by atoms with van der Waals surface area (Å²) in [5.41, 5.74) is 9.89. The Kier molecular flexibility index (Phi) is 3.76. The molecule has 0 atom stereocenters. The smallest absolute Gasteiger partial charge is 0.261 e. The number of aromatic nitrogens is 1. The average Bonchev–Trinajstić information content (AvgIpc) is 2.84. The Morgan fingerprint density at radius 1 is 1.20 bits per heavy atom. The SMILES string of the molecule is Cc1cc(Sc2nc3ccccc3o2)ccc1CCN. The lowest BCUT2D eigenvalue weighted by atomic mass is 10.1. The van der Waals surface area contributed by atoms with Crippen LogP contribution in [-0.2, 0) is 6.42 Å². The minimum atomic E-state index is 0.678. The van der Waals surface area contributed by atoms with Crippen LogP contribution in [-0.4, -0.2) is 11.5 Å². The van der Waals surface area contributed by atoms with Crippen LogP contribution < -0.4 is 5.73 Å². The summed E-state index contributed by atoms with van der Waals surface area (Å²) in [6, 6.07) is 14.2. The summed E-state index contributed by atoms with van der Waals surface area (Å²) >= 11 is 1.55. The highest BCUT2D eigenvalue weighted by atomic mass is 32.2. The summed E-state index contributed by atoms with van der Waals surface area (Å²) in [5.74, 6) is 0. The van der Waals surface area contributed by atoms with Crippen LogP contribution in [0, 0.1) is 6.92 Å². The lowest BCUT2D eigenvalue weighted by Gasteiger charge is -2.05. The van der Waals surface area contributed by atoms with Crippen LogP contribution in [0.1, 0.15) is 11.1 Å². The molecule has 3 nitrogen and oxygen atoms in total. The molecule has 3 rings (SSSR count). The van der Waals surface area contributed by atoms with Gasteiger partial charge in [0.1, 0.15) is 5.52 Å². The first-order valence-electron chi connectivity index (χ1n) is 6.59. The van der Waals surface area contributed by atoms with Gasteiger partial charge in [0.25, 0.3) is 5.22 Å². The van der Waals surface area contributed by atoms with Crippen LogP contribution in [0.25, 0.3) is 11.1 Å². The molecule has 0 aliphatic carbocycles. The normalized spacial score (nSPS) is 11.1. The topological polar surface area (TPSA) is 52.0 Å². The van der Waals surface area contributed by atoms with Gasteiger partial charge in [0.2, 0.25) is 0 Å². The molecular weight excluding hydrogens is 268 g/mol. The van der Waals surface area contributed by atoms with Gasteiger partial charge in [-0.1, -0.05) is 18.2 Å². The highest BCUT2D eigenvalue weighted by Crippen LogP contribution is 2.30. The molecule has 0 amide bonds. The van der Waals surface area contributed by atoms with Crippen molar-refractivity contribution in [2.75, 3.05) is 6.54 Å². The second kappa shape index (κ2) is 5.69. The maximum atomic E-state index is 5.72.